The van der Waals surface area contributed by atoms with Crippen molar-refractivity contribution in [1.29, 1.82) is 0 Å². The topological polar surface area (TPSA) is 35.5 Å². The van der Waals surface area contributed by atoms with Crippen LogP contribution in [0.1, 0.15) is 28.8 Å². The van der Waals surface area contributed by atoms with Gasteiger partial charge in [0.15, 0.2) is 5.78 Å². The van der Waals surface area contributed by atoms with E-state index in [-0.39, 0.29) is 11.7 Å². The standard InChI is InChI=1S/C14H16O3/c15-14(12-2-1-6-16-9-12)11-3-4-13-10(8-11)5-7-17-13/h3-4,8,12H,1-2,5-7,9H2. The summed E-state index contributed by atoms with van der Waals surface area (Å²) < 4.78 is 10.8. The third-order valence-electron chi connectivity index (χ3n) is 3.51. The van der Waals surface area contributed by atoms with Gasteiger partial charge in [-0.15, -0.1) is 0 Å². The quantitative estimate of drug-likeness (QED) is 0.733. The number of carbonyl (C=O) groups is 1. The molecule has 3 nitrogen and oxygen atoms in total. The van der Waals surface area contributed by atoms with Crippen LogP contribution in [-0.2, 0) is 11.2 Å². The summed E-state index contributed by atoms with van der Waals surface area (Å²) in [5.41, 5.74) is 1.97. The zero-order valence-electron chi connectivity index (χ0n) is 9.78. The van der Waals surface area contributed by atoms with E-state index in [4.69, 9.17) is 9.47 Å². The Kier molecular flexibility index (Phi) is 2.85. The number of carbonyl (C=O) groups excluding carboxylic acids is 1. The summed E-state index contributed by atoms with van der Waals surface area (Å²) in [5, 5.41) is 0. The highest BCUT2D eigenvalue weighted by molar-refractivity contribution is 5.98. The van der Waals surface area contributed by atoms with Crippen molar-refractivity contribution in [1.82, 2.24) is 0 Å². The largest absolute Gasteiger partial charge is 0.493 e. The Morgan fingerprint density at radius 3 is 3.06 bits per heavy atom. The van der Waals surface area contributed by atoms with Gasteiger partial charge in [0, 0.05) is 24.5 Å². The van der Waals surface area contributed by atoms with Crippen LogP contribution in [0.5, 0.6) is 5.75 Å². The van der Waals surface area contributed by atoms with Crippen molar-refractivity contribution in [3.63, 3.8) is 0 Å². The molecule has 0 spiro atoms. The molecule has 0 radical (unpaired) electrons. The first kappa shape index (κ1) is 10.8. The van der Waals surface area contributed by atoms with Crippen molar-refractivity contribution in [2.45, 2.75) is 19.3 Å². The van der Waals surface area contributed by atoms with Crippen LogP contribution >= 0.6 is 0 Å². The normalized spacial score (nSPS) is 22.9. The van der Waals surface area contributed by atoms with Gasteiger partial charge >= 0.3 is 0 Å². The second-order valence-corrected chi connectivity index (χ2v) is 4.70. The molecular formula is C14H16O3. The SMILES string of the molecule is O=C(c1ccc2c(c1)CCO2)C1CCCOC1. The molecule has 0 saturated carbocycles. The fourth-order valence-electron chi connectivity index (χ4n) is 2.52. The van der Waals surface area contributed by atoms with Gasteiger partial charge in [-0.05, 0) is 36.6 Å². The third kappa shape index (κ3) is 2.07. The van der Waals surface area contributed by atoms with E-state index >= 15 is 0 Å². The Hall–Kier alpha value is -1.35. The highest BCUT2D eigenvalue weighted by Gasteiger charge is 2.24. The van der Waals surface area contributed by atoms with Crippen LogP contribution < -0.4 is 4.74 Å². The number of ketones is 1. The first-order valence-electron chi connectivity index (χ1n) is 6.22. The number of rotatable bonds is 2. The van der Waals surface area contributed by atoms with E-state index in [0.717, 1.165) is 49.4 Å². The van der Waals surface area contributed by atoms with Crippen LogP contribution in [0.3, 0.4) is 0 Å². The van der Waals surface area contributed by atoms with Gasteiger partial charge in [0.25, 0.3) is 0 Å². The molecule has 0 aromatic heterocycles. The molecule has 17 heavy (non-hydrogen) atoms. The lowest BCUT2D eigenvalue weighted by atomic mass is 9.92. The minimum Gasteiger partial charge on any atom is -0.493 e. The molecular weight excluding hydrogens is 216 g/mol. The molecule has 2 heterocycles. The molecule has 0 aliphatic carbocycles. The molecule has 1 atom stereocenters. The van der Waals surface area contributed by atoms with Gasteiger partial charge in [0.05, 0.1) is 13.2 Å². The van der Waals surface area contributed by atoms with Gasteiger partial charge < -0.3 is 9.47 Å². The molecule has 1 aromatic rings. The van der Waals surface area contributed by atoms with Crippen LogP contribution in [0.4, 0.5) is 0 Å². The van der Waals surface area contributed by atoms with Crippen molar-refractivity contribution in [3.8, 4) is 5.75 Å². The van der Waals surface area contributed by atoms with Crippen molar-refractivity contribution in [3.05, 3.63) is 29.3 Å². The molecule has 2 aliphatic heterocycles. The van der Waals surface area contributed by atoms with Crippen molar-refractivity contribution < 1.29 is 14.3 Å². The molecule has 0 bridgehead atoms. The van der Waals surface area contributed by atoms with E-state index in [0.29, 0.717) is 6.61 Å². The van der Waals surface area contributed by atoms with Crippen molar-refractivity contribution in [2.24, 2.45) is 5.92 Å². The highest BCUT2D eigenvalue weighted by atomic mass is 16.5. The number of benzene rings is 1. The predicted molar refractivity (Wildman–Crippen MR) is 63.5 cm³/mol. The summed E-state index contributed by atoms with van der Waals surface area (Å²) in [7, 11) is 0. The van der Waals surface area contributed by atoms with Crippen LogP contribution in [0.2, 0.25) is 0 Å². The maximum atomic E-state index is 12.3. The summed E-state index contributed by atoms with van der Waals surface area (Å²) in [6.07, 6.45) is 2.86. The lowest BCUT2D eigenvalue weighted by Crippen LogP contribution is -2.25. The maximum Gasteiger partial charge on any atom is 0.168 e. The summed E-state index contributed by atoms with van der Waals surface area (Å²) in [5.74, 6) is 1.20. The number of fused-ring (bicyclic) bond motifs is 1. The number of Topliss-reactive ketones (excluding diaryl/α,β-unsaturated/α-hetero) is 1. The Bertz CT molecular complexity index is 433. The second-order valence-electron chi connectivity index (χ2n) is 4.70. The number of ether oxygens (including phenoxy) is 2. The maximum absolute atomic E-state index is 12.3. The first-order valence-corrected chi connectivity index (χ1v) is 6.22. The molecule has 90 valence electrons. The molecule has 2 aliphatic rings. The lowest BCUT2D eigenvalue weighted by Gasteiger charge is -2.20. The Labute approximate surface area is 101 Å². The molecule has 3 rings (SSSR count). The molecule has 1 fully saturated rings. The molecule has 0 N–H and O–H groups in total. The minimum absolute atomic E-state index is 0.0455. The van der Waals surface area contributed by atoms with Gasteiger partial charge in [-0.1, -0.05) is 0 Å². The van der Waals surface area contributed by atoms with E-state index in [2.05, 4.69) is 0 Å². The molecule has 1 unspecified atom stereocenters. The summed E-state index contributed by atoms with van der Waals surface area (Å²) >= 11 is 0. The van der Waals surface area contributed by atoms with Gasteiger partial charge in [0.1, 0.15) is 5.75 Å². The highest BCUT2D eigenvalue weighted by Crippen LogP contribution is 2.28. The summed E-state index contributed by atoms with van der Waals surface area (Å²) in [6.45, 7) is 2.10. The number of hydrogen-bond donors (Lipinski definition) is 0. The van der Waals surface area contributed by atoms with Crippen molar-refractivity contribution in [2.75, 3.05) is 19.8 Å². The minimum atomic E-state index is 0.0455. The smallest absolute Gasteiger partial charge is 0.168 e. The fourth-order valence-corrected chi connectivity index (χ4v) is 2.52. The predicted octanol–water partition coefficient (Wildman–Crippen LogP) is 2.23. The van der Waals surface area contributed by atoms with Crippen LogP contribution in [-0.4, -0.2) is 25.6 Å². The monoisotopic (exact) mass is 232 g/mol. The average molecular weight is 232 g/mol. The van der Waals surface area contributed by atoms with Gasteiger partial charge in [0.2, 0.25) is 0 Å². The van der Waals surface area contributed by atoms with Crippen molar-refractivity contribution >= 4 is 5.78 Å². The Morgan fingerprint density at radius 1 is 1.29 bits per heavy atom. The Balaban J connectivity index is 1.81. The molecule has 1 saturated heterocycles. The summed E-state index contributed by atoms with van der Waals surface area (Å²) in [4.78, 5) is 12.3. The van der Waals surface area contributed by atoms with Crippen LogP contribution in [0, 0.1) is 5.92 Å². The van der Waals surface area contributed by atoms with Gasteiger partial charge in [-0.25, -0.2) is 0 Å². The molecule has 3 heteroatoms. The zero-order chi connectivity index (χ0) is 11.7. The fraction of sp³-hybridized carbons (Fsp3) is 0.500. The van der Waals surface area contributed by atoms with E-state index < -0.39 is 0 Å². The van der Waals surface area contributed by atoms with E-state index in [9.17, 15) is 4.79 Å². The lowest BCUT2D eigenvalue weighted by molar-refractivity contribution is 0.0461. The Morgan fingerprint density at radius 2 is 2.24 bits per heavy atom. The number of hydrogen-bond acceptors (Lipinski definition) is 3. The average Bonchev–Trinajstić information content (AvgIpc) is 2.86. The van der Waals surface area contributed by atoms with Gasteiger partial charge in [-0.2, -0.15) is 0 Å². The van der Waals surface area contributed by atoms with E-state index in [1.807, 2.05) is 18.2 Å². The molecule has 1 aromatic carbocycles. The second kappa shape index (κ2) is 4.49. The van der Waals surface area contributed by atoms with E-state index in [1.165, 1.54) is 0 Å². The molecule has 0 amide bonds. The van der Waals surface area contributed by atoms with Gasteiger partial charge in [-0.3, -0.25) is 4.79 Å². The summed E-state index contributed by atoms with van der Waals surface area (Å²) in [6, 6.07) is 5.78. The van der Waals surface area contributed by atoms with E-state index in [1.54, 1.807) is 0 Å². The first-order chi connectivity index (χ1) is 8.34. The third-order valence-corrected chi connectivity index (χ3v) is 3.51. The van der Waals surface area contributed by atoms with Crippen LogP contribution in [0.15, 0.2) is 18.2 Å². The zero-order valence-corrected chi connectivity index (χ0v) is 9.78. The van der Waals surface area contributed by atoms with Crippen LogP contribution in [0.25, 0.3) is 0 Å².